The van der Waals surface area contributed by atoms with Gasteiger partial charge in [-0.15, -0.1) is 0 Å². The number of hydrogen-bond donors (Lipinski definition) is 1. The Hall–Kier alpha value is -0.410. The van der Waals surface area contributed by atoms with Crippen LogP contribution in [0.5, 0.6) is 0 Å². The lowest BCUT2D eigenvalue weighted by Crippen LogP contribution is -2.26. The fraction of sp³-hybridized carbons (Fsp3) is 0.400. The molecule has 1 rings (SSSR count). The van der Waals surface area contributed by atoms with Gasteiger partial charge < -0.3 is 5.32 Å². The summed E-state index contributed by atoms with van der Waals surface area (Å²) in [7, 11) is 1.76. The van der Waals surface area contributed by atoms with Crippen molar-refractivity contribution >= 4 is 15.9 Å². The van der Waals surface area contributed by atoms with Crippen LogP contribution in [0.2, 0.25) is 0 Å². The molecule has 1 nitrogen and oxygen atoms in total. The van der Waals surface area contributed by atoms with Crippen molar-refractivity contribution in [1.29, 1.82) is 0 Å². The molecular formula is C10H13BrFN. The molecule has 2 unspecified atom stereocenters. The third-order valence-corrected chi connectivity index (χ3v) is 2.61. The Bertz CT molecular complexity index is 260. The van der Waals surface area contributed by atoms with Gasteiger partial charge >= 0.3 is 0 Å². The minimum atomic E-state index is -0.946. The molecule has 0 saturated heterocycles. The van der Waals surface area contributed by atoms with Crippen LogP contribution in [0.15, 0.2) is 28.7 Å². The van der Waals surface area contributed by atoms with E-state index in [-0.39, 0.29) is 6.04 Å². The molecule has 2 atom stereocenters. The zero-order valence-corrected chi connectivity index (χ0v) is 9.31. The van der Waals surface area contributed by atoms with Crippen molar-refractivity contribution in [2.75, 3.05) is 7.05 Å². The van der Waals surface area contributed by atoms with Crippen LogP contribution >= 0.6 is 15.9 Å². The molecule has 3 heteroatoms. The molecule has 0 bridgehead atoms. The highest BCUT2D eigenvalue weighted by atomic mass is 79.9. The fourth-order valence-electron chi connectivity index (χ4n) is 1.08. The minimum Gasteiger partial charge on any atom is -0.314 e. The summed E-state index contributed by atoms with van der Waals surface area (Å²) in [4.78, 5) is 0. The van der Waals surface area contributed by atoms with E-state index in [1.165, 1.54) is 0 Å². The van der Waals surface area contributed by atoms with E-state index < -0.39 is 6.17 Å². The third-order valence-electron chi connectivity index (χ3n) is 2.08. The largest absolute Gasteiger partial charge is 0.314 e. The van der Waals surface area contributed by atoms with Crippen molar-refractivity contribution in [3.8, 4) is 0 Å². The molecule has 0 amide bonds. The van der Waals surface area contributed by atoms with E-state index in [9.17, 15) is 4.39 Å². The van der Waals surface area contributed by atoms with Gasteiger partial charge in [-0.2, -0.15) is 0 Å². The summed E-state index contributed by atoms with van der Waals surface area (Å²) >= 11 is 3.31. The van der Waals surface area contributed by atoms with Crippen molar-refractivity contribution in [1.82, 2.24) is 5.32 Å². The molecule has 0 fully saturated rings. The van der Waals surface area contributed by atoms with Gasteiger partial charge in [0.15, 0.2) is 0 Å². The van der Waals surface area contributed by atoms with E-state index in [0.717, 1.165) is 4.47 Å². The summed E-state index contributed by atoms with van der Waals surface area (Å²) < 4.78 is 14.6. The van der Waals surface area contributed by atoms with Crippen LogP contribution in [0.1, 0.15) is 18.7 Å². The second-order valence-corrected chi connectivity index (χ2v) is 3.95. The van der Waals surface area contributed by atoms with E-state index in [2.05, 4.69) is 21.2 Å². The van der Waals surface area contributed by atoms with Crippen LogP contribution in [0.4, 0.5) is 4.39 Å². The Morgan fingerprint density at radius 3 is 2.31 bits per heavy atom. The van der Waals surface area contributed by atoms with E-state index >= 15 is 0 Å². The summed E-state index contributed by atoms with van der Waals surface area (Å²) in [5.41, 5.74) is 0.713. The molecule has 72 valence electrons. The lowest BCUT2D eigenvalue weighted by atomic mass is 10.1. The third kappa shape index (κ3) is 2.78. The van der Waals surface area contributed by atoms with Crippen LogP contribution in [0.3, 0.4) is 0 Å². The highest BCUT2D eigenvalue weighted by Gasteiger charge is 2.15. The van der Waals surface area contributed by atoms with Crippen molar-refractivity contribution in [3.05, 3.63) is 34.3 Å². The topological polar surface area (TPSA) is 12.0 Å². The average molecular weight is 246 g/mol. The second kappa shape index (κ2) is 4.72. The van der Waals surface area contributed by atoms with Crippen molar-refractivity contribution < 1.29 is 4.39 Å². The number of rotatable bonds is 3. The van der Waals surface area contributed by atoms with Crippen LogP contribution in [0, 0.1) is 0 Å². The quantitative estimate of drug-likeness (QED) is 0.864. The summed E-state index contributed by atoms with van der Waals surface area (Å²) in [5.74, 6) is 0. The van der Waals surface area contributed by atoms with Gasteiger partial charge in [0.05, 0.1) is 0 Å². The molecule has 0 spiro atoms. The number of hydrogen-bond acceptors (Lipinski definition) is 1. The maximum atomic E-state index is 13.6. The molecule has 0 aromatic heterocycles. The van der Waals surface area contributed by atoms with Gasteiger partial charge in [-0.05, 0) is 31.7 Å². The fourth-order valence-corrected chi connectivity index (χ4v) is 1.35. The SMILES string of the molecule is CNC(C)C(F)c1ccc(Br)cc1. The maximum Gasteiger partial charge on any atom is 0.140 e. The first-order chi connectivity index (χ1) is 6.15. The molecule has 0 aliphatic rings. The Labute approximate surface area is 86.5 Å². The predicted molar refractivity (Wildman–Crippen MR) is 56.5 cm³/mol. The van der Waals surface area contributed by atoms with Gasteiger partial charge in [0, 0.05) is 10.5 Å². The van der Waals surface area contributed by atoms with Crippen molar-refractivity contribution in [2.45, 2.75) is 19.1 Å². The molecule has 0 saturated carbocycles. The first-order valence-electron chi connectivity index (χ1n) is 4.22. The Balaban J connectivity index is 2.77. The summed E-state index contributed by atoms with van der Waals surface area (Å²) in [6.07, 6.45) is -0.946. The standard InChI is InChI=1S/C10H13BrFN/c1-7(13-2)10(12)8-3-5-9(11)6-4-8/h3-7,10,13H,1-2H3. The van der Waals surface area contributed by atoms with E-state index in [0.29, 0.717) is 5.56 Å². The van der Waals surface area contributed by atoms with Gasteiger partial charge in [-0.3, -0.25) is 0 Å². The maximum absolute atomic E-state index is 13.6. The van der Waals surface area contributed by atoms with E-state index in [1.54, 1.807) is 19.2 Å². The number of alkyl halides is 1. The molecule has 0 heterocycles. The highest BCUT2D eigenvalue weighted by molar-refractivity contribution is 9.10. The van der Waals surface area contributed by atoms with Gasteiger partial charge in [0.2, 0.25) is 0 Å². The van der Waals surface area contributed by atoms with Gasteiger partial charge in [0.1, 0.15) is 6.17 Å². The number of nitrogens with one attached hydrogen (secondary N) is 1. The van der Waals surface area contributed by atoms with Crippen LogP contribution in [0.25, 0.3) is 0 Å². The average Bonchev–Trinajstić information content (AvgIpc) is 2.17. The number of benzene rings is 1. The Kier molecular flexibility index (Phi) is 3.88. The lowest BCUT2D eigenvalue weighted by Gasteiger charge is -2.15. The minimum absolute atomic E-state index is 0.152. The monoisotopic (exact) mass is 245 g/mol. The normalized spacial score (nSPS) is 15.4. The first-order valence-corrected chi connectivity index (χ1v) is 5.01. The molecule has 0 radical (unpaired) electrons. The van der Waals surface area contributed by atoms with Crippen LogP contribution in [-0.4, -0.2) is 13.1 Å². The van der Waals surface area contributed by atoms with Gasteiger partial charge in [0.25, 0.3) is 0 Å². The lowest BCUT2D eigenvalue weighted by molar-refractivity contribution is 0.275. The van der Waals surface area contributed by atoms with Gasteiger partial charge in [-0.25, -0.2) is 4.39 Å². The molecule has 0 aliphatic heterocycles. The van der Waals surface area contributed by atoms with Crippen LogP contribution in [-0.2, 0) is 0 Å². The zero-order chi connectivity index (χ0) is 9.84. The van der Waals surface area contributed by atoms with E-state index in [4.69, 9.17) is 0 Å². The van der Waals surface area contributed by atoms with Gasteiger partial charge in [-0.1, -0.05) is 28.1 Å². The zero-order valence-electron chi connectivity index (χ0n) is 7.72. The molecular weight excluding hydrogens is 233 g/mol. The molecule has 1 N–H and O–H groups in total. The summed E-state index contributed by atoms with van der Waals surface area (Å²) in [6, 6.07) is 7.14. The molecule has 1 aromatic rings. The molecule has 1 aromatic carbocycles. The number of halogens is 2. The number of likely N-dealkylation sites (N-methyl/N-ethyl adjacent to an activating group) is 1. The predicted octanol–water partition coefficient (Wildman–Crippen LogP) is 3.07. The van der Waals surface area contributed by atoms with Crippen molar-refractivity contribution in [3.63, 3.8) is 0 Å². The second-order valence-electron chi connectivity index (χ2n) is 3.03. The van der Waals surface area contributed by atoms with Crippen LogP contribution < -0.4 is 5.32 Å². The van der Waals surface area contributed by atoms with Crippen molar-refractivity contribution in [2.24, 2.45) is 0 Å². The summed E-state index contributed by atoms with van der Waals surface area (Å²) in [5, 5.41) is 2.89. The molecule has 0 aliphatic carbocycles. The first kappa shape index (κ1) is 10.7. The van der Waals surface area contributed by atoms with E-state index in [1.807, 2.05) is 19.1 Å². The smallest absolute Gasteiger partial charge is 0.140 e. The Morgan fingerprint density at radius 1 is 1.31 bits per heavy atom. The Morgan fingerprint density at radius 2 is 1.85 bits per heavy atom. The highest BCUT2D eigenvalue weighted by Crippen LogP contribution is 2.22. The molecule has 13 heavy (non-hydrogen) atoms. The summed E-state index contributed by atoms with van der Waals surface area (Å²) in [6.45, 7) is 1.83.